The van der Waals surface area contributed by atoms with Gasteiger partial charge in [0.15, 0.2) is 9.84 Å². The normalized spacial score (nSPS) is 17.9. The molecule has 0 unspecified atom stereocenters. The maximum absolute atomic E-state index is 12.5. The van der Waals surface area contributed by atoms with Gasteiger partial charge in [-0.15, -0.1) is 0 Å². The van der Waals surface area contributed by atoms with Crippen molar-refractivity contribution in [3.05, 3.63) is 47.0 Å². The molecule has 10 nitrogen and oxygen atoms in total. The Morgan fingerprint density at radius 2 is 2.00 bits per heavy atom. The first-order chi connectivity index (χ1) is 15.2. The summed E-state index contributed by atoms with van der Waals surface area (Å²) < 4.78 is 55.6. The van der Waals surface area contributed by atoms with Crippen LogP contribution >= 0.6 is 11.3 Å². The van der Waals surface area contributed by atoms with E-state index in [1.807, 2.05) is 16.8 Å². The number of hydrogen-bond donors (Lipinski definition) is 2. The molecule has 170 valence electrons. The highest BCUT2D eigenvalue weighted by atomic mass is 32.2. The summed E-state index contributed by atoms with van der Waals surface area (Å²) in [5, 5.41) is 10.4. The Labute approximate surface area is 189 Å². The van der Waals surface area contributed by atoms with Gasteiger partial charge in [-0.3, -0.25) is 4.79 Å². The highest BCUT2D eigenvalue weighted by Gasteiger charge is 2.31. The van der Waals surface area contributed by atoms with Crippen molar-refractivity contribution in [2.75, 3.05) is 16.8 Å². The number of aryl methyl sites for hydroxylation is 1. The average Bonchev–Trinajstić information content (AvgIpc) is 3.47. The summed E-state index contributed by atoms with van der Waals surface area (Å²) in [7, 11) is -7.05. The minimum atomic E-state index is -3.86. The molecule has 0 spiro atoms. The third kappa shape index (κ3) is 5.59. The molecule has 4 rings (SSSR count). The number of sulfonamides is 1. The molecular weight excluding hydrogens is 476 g/mol. The number of rotatable bonds is 8. The van der Waals surface area contributed by atoms with Crippen LogP contribution in [0, 0.1) is 0 Å². The fraction of sp³-hybridized carbons (Fsp3) is 0.316. The molecule has 32 heavy (non-hydrogen) atoms. The first-order valence-corrected chi connectivity index (χ1v) is 13.9. The van der Waals surface area contributed by atoms with Crippen LogP contribution in [0.2, 0.25) is 0 Å². The van der Waals surface area contributed by atoms with Gasteiger partial charge in [0.2, 0.25) is 27.6 Å². The number of amides is 1. The molecule has 0 aliphatic carbocycles. The Kier molecular flexibility index (Phi) is 6.42. The summed E-state index contributed by atoms with van der Waals surface area (Å²) in [6.07, 6.45) is 0.636. The van der Waals surface area contributed by atoms with Crippen molar-refractivity contribution in [3.8, 4) is 11.4 Å². The second kappa shape index (κ2) is 9.10. The van der Waals surface area contributed by atoms with Crippen LogP contribution in [0.15, 0.2) is 50.5 Å². The van der Waals surface area contributed by atoms with Crippen molar-refractivity contribution < 1.29 is 26.2 Å². The van der Waals surface area contributed by atoms with E-state index in [1.165, 1.54) is 35.6 Å². The molecule has 1 atom stereocenters. The van der Waals surface area contributed by atoms with E-state index in [0.717, 1.165) is 5.56 Å². The van der Waals surface area contributed by atoms with Crippen molar-refractivity contribution in [3.63, 3.8) is 0 Å². The Hall–Kier alpha value is -2.61. The molecule has 1 saturated heterocycles. The first-order valence-electron chi connectivity index (χ1n) is 9.68. The van der Waals surface area contributed by atoms with Crippen LogP contribution in [0.3, 0.4) is 0 Å². The third-order valence-corrected chi connectivity index (χ3v) is 8.80. The predicted molar refractivity (Wildman–Crippen MR) is 118 cm³/mol. The summed E-state index contributed by atoms with van der Waals surface area (Å²) in [4.78, 5) is 16.5. The van der Waals surface area contributed by atoms with Crippen LogP contribution in [-0.4, -0.2) is 50.4 Å². The molecule has 2 aromatic heterocycles. The van der Waals surface area contributed by atoms with Gasteiger partial charge in [-0.25, -0.2) is 21.6 Å². The minimum Gasteiger partial charge on any atom is -0.339 e. The van der Waals surface area contributed by atoms with Gasteiger partial charge in [-0.1, -0.05) is 5.16 Å². The van der Waals surface area contributed by atoms with Crippen LogP contribution in [0.1, 0.15) is 18.7 Å². The number of aromatic nitrogens is 2. The van der Waals surface area contributed by atoms with Gasteiger partial charge in [-0.2, -0.15) is 16.3 Å². The zero-order valence-corrected chi connectivity index (χ0v) is 19.2. The van der Waals surface area contributed by atoms with Gasteiger partial charge in [0.25, 0.3) is 0 Å². The summed E-state index contributed by atoms with van der Waals surface area (Å²) in [6.45, 7) is 0. The van der Waals surface area contributed by atoms with Crippen LogP contribution in [0.5, 0.6) is 0 Å². The standard InChI is InChI=1S/C19H20N4O6S3/c24-17(5-6-18-21-19(22-29-18)13-7-9-30-11-13)20-14-1-3-16(4-2-14)32(27,28)23-15-8-10-31(25,26)12-15/h1-4,7,9,11,15,23H,5-6,8,10,12H2,(H,20,24)/t15-/m0/s1. The Bertz CT molecular complexity index is 1300. The van der Waals surface area contributed by atoms with Crippen LogP contribution in [-0.2, 0) is 31.1 Å². The second-order valence-corrected chi connectivity index (χ2v) is 12.0. The molecule has 1 aromatic carbocycles. The molecular formula is C19H20N4O6S3. The minimum absolute atomic E-state index is 0.00776. The maximum atomic E-state index is 12.5. The summed E-state index contributed by atoms with van der Waals surface area (Å²) in [6, 6.07) is 6.90. The zero-order valence-electron chi connectivity index (χ0n) is 16.7. The van der Waals surface area contributed by atoms with Gasteiger partial charge < -0.3 is 9.84 Å². The molecule has 13 heteroatoms. The lowest BCUT2D eigenvalue weighted by Crippen LogP contribution is -2.35. The quantitative estimate of drug-likeness (QED) is 0.480. The maximum Gasteiger partial charge on any atom is 0.240 e. The van der Waals surface area contributed by atoms with Gasteiger partial charge in [0, 0.05) is 35.5 Å². The van der Waals surface area contributed by atoms with E-state index < -0.39 is 25.9 Å². The number of hydrogen-bond acceptors (Lipinski definition) is 9. The fourth-order valence-corrected chi connectivity index (χ4v) is 6.89. The van der Waals surface area contributed by atoms with Crippen molar-refractivity contribution in [1.29, 1.82) is 0 Å². The smallest absolute Gasteiger partial charge is 0.240 e. The predicted octanol–water partition coefficient (Wildman–Crippen LogP) is 1.83. The summed E-state index contributed by atoms with van der Waals surface area (Å²) >= 11 is 1.52. The molecule has 2 N–H and O–H groups in total. The largest absolute Gasteiger partial charge is 0.339 e. The van der Waals surface area contributed by atoms with E-state index in [1.54, 1.807) is 0 Å². The van der Waals surface area contributed by atoms with Crippen molar-refractivity contribution in [2.45, 2.75) is 30.2 Å². The molecule has 0 radical (unpaired) electrons. The highest BCUT2D eigenvalue weighted by molar-refractivity contribution is 7.92. The van der Waals surface area contributed by atoms with E-state index in [9.17, 15) is 21.6 Å². The lowest BCUT2D eigenvalue weighted by Gasteiger charge is -2.12. The average molecular weight is 497 g/mol. The van der Waals surface area contributed by atoms with Crippen LogP contribution < -0.4 is 10.0 Å². The molecule has 1 amide bonds. The fourth-order valence-electron chi connectivity index (χ4n) is 3.20. The SMILES string of the molecule is O=C(CCc1nc(-c2ccsc2)no1)Nc1ccc(S(=O)(=O)N[C@H]2CCS(=O)(=O)C2)cc1. The number of carbonyl (C=O) groups is 1. The summed E-state index contributed by atoms with van der Waals surface area (Å²) in [5.74, 6) is 0.314. The van der Waals surface area contributed by atoms with E-state index >= 15 is 0 Å². The van der Waals surface area contributed by atoms with E-state index in [2.05, 4.69) is 20.2 Å². The summed E-state index contributed by atoms with van der Waals surface area (Å²) in [5.41, 5.74) is 1.29. The van der Waals surface area contributed by atoms with Gasteiger partial charge >= 0.3 is 0 Å². The lowest BCUT2D eigenvalue weighted by molar-refractivity contribution is -0.116. The number of nitrogens with zero attached hydrogens (tertiary/aromatic N) is 2. The van der Waals surface area contributed by atoms with Crippen LogP contribution in [0.25, 0.3) is 11.4 Å². The van der Waals surface area contributed by atoms with E-state index in [4.69, 9.17) is 4.52 Å². The van der Waals surface area contributed by atoms with E-state index in [0.29, 0.717) is 17.4 Å². The number of anilines is 1. The van der Waals surface area contributed by atoms with Crippen molar-refractivity contribution in [1.82, 2.24) is 14.9 Å². The monoisotopic (exact) mass is 496 g/mol. The number of thiophene rings is 1. The Balaban J connectivity index is 1.30. The molecule has 0 saturated carbocycles. The second-order valence-electron chi connectivity index (χ2n) is 7.32. The van der Waals surface area contributed by atoms with Gasteiger partial charge in [0.05, 0.1) is 16.4 Å². The molecule has 1 fully saturated rings. The van der Waals surface area contributed by atoms with Gasteiger partial charge in [0.1, 0.15) is 0 Å². The van der Waals surface area contributed by atoms with Crippen molar-refractivity contribution in [2.24, 2.45) is 0 Å². The zero-order chi connectivity index (χ0) is 22.8. The number of nitrogens with one attached hydrogen (secondary N) is 2. The molecule has 1 aliphatic heterocycles. The topological polar surface area (TPSA) is 148 Å². The first kappa shape index (κ1) is 22.6. The van der Waals surface area contributed by atoms with E-state index in [-0.39, 0.29) is 41.6 Å². The third-order valence-electron chi connectivity index (χ3n) is 4.82. The molecule has 0 bridgehead atoms. The molecule has 1 aliphatic rings. The number of benzene rings is 1. The molecule has 3 heterocycles. The van der Waals surface area contributed by atoms with Gasteiger partial charge in [-0.05, 0) is 42.1 Å². The molecule has 3 aromatic rings. The van der Waals surface area contributed by atoms with Crippen LogP contribution in [0.4, 0.5) is 5.69 Å². The highest BCUT2D eigenvalue weighted by Crippen LogP contribution is 2.20. The lowest BCUT2D eigenvalue weighted by atomic mass is 10.2. The Morgan fingerprint density at radius 1 is 1.22 bits per heavy atom. The Morgan fingerprint density at radius 3 is 2.66 bits per heavy atom. The number of sulfone groups is 1. The number of carbonyl (C=O) groups excluding carboxylic acids is 1. The van der Waals surface area contributed by atoms with Crippen molar-refractivity contribution >= 4 is 42.8 Å².